The summed E-state index contributed by atoms with van der Waals surface area (Å²) in [5.74, 6) is 1.11. The van der Waals surface area contributed by atoms with Gasteiger partial charge in [-0.1, -0.05) is 41.1 Å². The van der Waals surface area contributed by atoms with Gasteiger partial charge in [-0.05, 0) is 44.2 Å². The first kappa shape index (κ1) is 19.8. The van der Waals surface area contributed by atoms with E-state index in [1.165, 1.54) is 0 Å². The van der Waals surface area contributed by atoms with Crippen molar-refractivity contribution in [2.45, 2.75) is 24.8 Å². The lowest BCUT2D eigenvalue weighted by Crippen LogP contribution is -2.35. The van der Waals surface area contributed by atoms with Crippen LogP contribution < -0.4 is 0 Å². The Hall–Kier alpha value is -2.55. The van der Waals surface area contributed by atoms with E-state index in [0.29, 0.717) is 42.8 Å². The number of rotatable bonds is 5. The van der Waals surface area contributed by atoms with Crippen molar-refractivity contribution in [2.75, 3.05) is 26.2 Å². The molecule has 1 fully saturated rings. The molecule has 7 nitrogen and oxygen atoms in total. The molecular formula is C21H24N4O3S. The van der Waals surface area contributed by atoms with Crippen molar-refractivity contribution in [1.29, 1.82) is 0 Å². The molecule has 0 aliphatic carbocycles. The maximum atomic E-state index is 12.9. The highest BCUT2D eigenvalue weighted by molar-refractivity contribution is 7.89. The monoisotopic (exact) mass is 412 g/mol. The van der Waals surface area contributed by atoms with Crippen LogP contribution in [0.3, 0.4) is 0 Å². The highest BCUT2D eigenvalue weighted by Gasteiger charge is 2.27. The molecule has 8 heteroatoms. The second-order valence-corrected chi connectivity index (χ2v) is 9.17. The van der Waals surface area contributed by atoms with Gasteiger partial charge in [-0.25, -0.2) is 8.42 Å². The molecule has 4 rings (SSSR count). The third kappa shape index (κ3) is 4.55. The number of hydrogen-bond acceptors (Lipinski definition) is 6. The Kier molecular flexibility index (Phi) is 5.75. The van der Waals surface area contributed by atoms with E-state index in [2.05, 4.69) is 15.0 Å². The Morgan fingerprint density at radius 2 is 1.72 bits per heavy atom. The first-order valence-electron chi connectivity index (χ1n) is 9.69. The molecule has 0 spiro atoms. The summed E-state index contributed by atoms with van der Waals surface area (Å²) in [6.45, 7) is 4.85. The molecule has 1 aromatic heterocycles. The van der Waals surface area contributed by atoms with E-state index >= 15 is 0 Å². The third-order valence-corrected chi connectivity index (χ3v) is 6.97. The number of nitrogens with zero attached hydrogens (tertiary/aromatic N) is 4. The maximum Gasteiger partial charge on any atom is 0.257 e. The lowest BCUT2D eigenvalue weighted by molar-refractivity contribution is 0.266. The lowest BCUT2D eigenvalue weighted by Gasteiger charge is -2.21. The topological polar surface area (TPSA) is 79.5 Å². The zero-order valence-electron chi connectivity index (χ0n) is 16.4. The van der Waals surface area contributed by atoms with Crippen molar-refractivity contribution in [2.24, 2.45) is 0 Å². The van der Waals surface area contributed by atoms with Crippen LogP contribution in [0.4, 0.5) is 0 Å². The van der Waals surface area contributed by atoms with E-state index in [0.717, 1.165) is 24.1 Å². The Morgan fingerprint density at radius 3 is 2.48 bits per heavy atom. The molecule has 0 amide bonds. The van der Waals surface area contributed by atoms with Crippen molar-refractivity contribution in [3.05, 3.63) is 66.0 Å². The summed E-state index contributed by atoms with van der Waals surface area (Å²) < 4.78 is 32.8. The zero-order valence-corrected chi connectivity index (χ0v) is 17.2. The molecule has 2 heterocycles. The zero-order chi connectivity index (χ0) is 20.3. The van der Waals surface area contributed by atoms with Crippen molar-refractivity contribution >= 4 is 10.0 Å². The van der Waals surface area contributed by atoms with Gasteiger partial charge >= 0.3 is 0 Å². The van der Waals surface area contributed by atoms with E-state index in [1.54, 1.807) is 16.4 Å². The SMILES string of the molecule is Cc1ccc(S(=O)(=O)N2CCCN(Cc3noc(-c4ccccc4)n3)CC2)cc1. The first-order valence-corrected chi connectivity index (χ1v) is 11.1. The van der Waals surface area contributed by atoms with Crippen LogP contribution in [-0.4, -0.2) is 53.9 Å². The predicted octanol–water partition coefficient (Wildman–Crippen LogP) is 2.94. The minimum atomic E-state index is -3.47. The summed E-state index contributed by atoms with van der Waals surface area (Å²) in [4.78, 5) is 7.00. The van der Waals surface area contributed by atoms with E-state index in [4.69, 9.17) is 4.52 Å². The highest BCUT2D eigenvalue weighted by Crippen LogP contribution is 2.20. The fourth-order valence-corrected chi connectivity index (χ4v) is 4.89. The molecule has 1 saturated heterocycles. The highest BCUT2D eigenvalue weighted by atomic mass is 32.2. The maximum absolute atomic E-state index is 12.9. The van der Waals surface area contributed by atoms with E-state index in [1.807, 2.05) is 49.4 Å². The average Bonchev–Trinajstić information content (AvgIpc) is 3.06. The summed E-state index contributed by atoms with van der Waals surface area (Å²) in [6.07, 6.45) is 0.758. The molecule has 0 N–H and O–H groups in total. The summed E-state index contributed by atoms with van der Waals surface area (Å²) in [5, 5.41) is 4.08. The van der Waals surface area contributed by atoms with Gasteiger partial charge in [0.25, 0.3) is 5.89 Å². The quantitative estimate of drug-likeness (QED) is 0.641. The minimum Gasteiger partial charge on any atom is -0.334 e. The van der Waals surface area contributed by atoms with Crippen LogP contribution >= 0.6 is 0 Å². The summed E-state index contributed by atoms with van der Waals surface area (Å²) in [7, 11) is -3.47. The number of benzene rings is 2. The third-order valence-electron chi connectivity index (χ3n) is 5.06. The molecule has 1 aliphatic rings. The van der Waals surface area contributed by atoms with Crippen LogP contribution in [0.25, 0.3) is 11.5 Å². The van der Waals surface area contributed by atoms with Crippen molar-refractivity contribution in [1.82, 2.24) is 19.3 Å². The van der Waals surface area contributed by atoms with Crippen molar-refractivity contribution in [3.63, 3.8) is 0 Å². The van der Waals surface area contributed by atoms with Gasteiger partial charge in [0.1, 0.15) is 0 Å². The van der Waals surface area contributed by atoms with Gasteiger partial charge in [0.2, 0.25) is 10.0 Å². The van der Waals surface area contributed by atoms with Crippen LogP contribution in [0, 0.1) is 6.92 Å². The van der Waals surface area contributed by atoms with Crippen LogP contribution in [0.2, 0.25) is 0 Å². The Morgan fingerprint density at radius 1 is 0.966 bits per heavy atom. The summed E-state index contributed by atoms with van der Waals surface area (Å²) >= 11 is 0. The fourth-order valence-electron chi connectivity index (χ4n) is 3.42. The molecular weight excluding hydrogens is 388 g/mol. The van der Waals surface area contributed by atoms with Crippen molar-refractivity contribution in [3.8, 4) is 11.5 Å². The van der Waals surface area contributed by atoms with Crippen LogP contribution in [-0.2, 0) is 16.6 Å². The molecule has 3 aromatic rings. The van der Waals surface area contributed by atoms with Gasteiger partial charge in [-0.15, -0.1) is 0 Å². The van der Waals surface area contributed by atoms with Gasteiger partial charge in [0.05, 0.1) is 11.4 Å². The molecule has 0 saturated carbocycles. The molecule has 0 atom stereocenters. The van der Waals surface area contributed by atoms with Gasteiger partial charge in [0, 0.05) is 25.2 Å². The Labute approximate surface area is 171 Å². The van der Waals surface area contributed by atoms with Gasteiger partial charge in [-0.2, -0.15) is 9.29 Å². The second-order valence-electron chi connectivity index (χ2n) is 7.23. The molecule has 0 bridgehead atoms. The Balaban J connectivity index is 1.40. The van der Waals surface area contributed by atoms with E-state index in [-0.39, 0.29) is 0 Å². The number of hydrogen-bond donors (Lipinski definition) is 0. The standard InChI is InChI=1S/C21H24N4O3S/c1-17-8-10-19(11-9-17)29(26,27)25-13-5-12-24(14-15-25)16-20-22-21(28-23-20)18-6-3-2-4-7-18/h2-4,6-11H,5,12-16H2,1H3. The largest absolute Gasteiger partial charge is 0.334 e. The van der Waals surface area contributed by atoms with Crippen LogP contribution in [0.1, 0.15) is 17.8 Å². The molecule has 152 valence electrons. The number of aryl methyl sites for hydroxylation is 1. The average molecular weight is 413 g/mol. The Bertz CT molecular complexity index is 1050. The summed E-state index contributed by atoms with van der Waals surface area (Å²) in [6, 6.07) is 16.7. The normalized spacial score (nSPS) is 16.6. The minimum absolute atomic E-state index is 0.349. The number of aromatic nitrogens is 2. The molecule has 0 unspecified atom stereocenters. The number of sulfonamides is 1. The lowest BCUT2D eigenvalue weighted by atomic mass is 10.2. The van der Waals surface area contributed by atoms with Gasteiger partial charge < -0.3 is 4.52 Å². The predicted molar refractivity (Wildman–Crippen MR) is 110 cm³/mol. The van der Waals surface area contributed by atoms with Gasteiger partial charge in [-0.3, -0.25) is 4.90 Å². The van der Waals surface area contributed by atoms with Gasteiger partial charge in [0.15, 0.2) is 5.82 Å². The van der Waals surface area contributed by atoms with Crippen LogP contribution in [0.15, 0.2) is 64.0 Å². The first-order chi connectivity index (χ1) is 14.0. The molecule has 1 aliphatic heterocycles. The molecule has 29 heavy (non-hydrogen) atoms. The van der Waals surface area contributed by atoms with Crippen molar-refractivity contribution < 1.29 is 12.9 Å². The molecule has 0 radical (unpaired) electrons. The molecule has 2 aromatic carbocycles. The fraction of sp³-hybridized carbons (Fsp3) is 0.333. The van der Waals surface area contributed by atoms with E-state index in [9.17, 15) is 8.42 Å². The van der Waals surface area contributed by atoms with Crippen LogP contribution in [0.5, 0.6) is 0 Å². The smallest absolute Gasteiger partial charge is 0.257 e. The summed E-state index contributed by atoms with van der Waals surface area (Å²) in [5.41, 5.74) is 1.93. The van der Waals surface area contributed by atoms with E-state index < -0.39 is 10.0 Å². The second kappa shape index (κ2) is 8.44.